The first-order chi connectivity index (χ1) is 19.5. The van der Waals surface area contributed by atoms with E-state index >= 15 is 0 Å². The molecule has 246 valence electrons. The van der Waals surface area contributed by atoms with Gasteiger partial charge in [-0.1, -0.05) is 168 Å². The van der Waals surface area contributed by atoms with Gasteiger partial charge >= 0.3 is 17.8 Å². The summed E-state index contributed by atoms with van der Waals surface area (Å²) >= 11 is 0. The fourth-order valence-corrected chi connectivity index (χ4v) is 5.23. The summed E-state index contributed by atoms with van der Waals surface area (Å²) in [5.74, 6) is -2.01. The van der Waals surface area contributed by atoms with Gasteiger partial charge < -0.3 is 9.47 Å². The molecule has 0 amide bonds. The summed E-state index contributed by atoms with van der Waals surface area (Å²) in [6.45, 7) is 6.14. The van der Waals surface area contributed by atoms with Crippen LogP contribution in [0.3, 0.4) is 0 Å². The quantitative estimate of drug-likeness (QED) is 0.0485. The molecule has 0 aromatic heterocycles. The van der Waals surface area contributed by atoms with Crippen molar-refractivity contribution in [3.63, 3.8) is 0 Å². The summed E-state index contributed by atoms with van der Waals surface area (Å²) in [4.78, 5) is 24.7. The Balaban J connectivity index is 0. The van der Waals surface area contributed by atoms with Crippen molar-refractivity contribution in [2.45, 2.75) is 206 Å². The van der Waals surface area contributed by atoms with Crippen LogP contribution in [-0.2, 0) is 19.1 Å². The minimum absolute atomic E-state index is 0. The Labute approximate surface area is 261 Å². The normalized spacial score (nSPS) is 11.3. The van der Waals surface area contributed by atoms with Crippen LogP contribution >= 0.6 is 12.4 Å². The molecule has 0 heterocycles. The molecule has 0 aromatic carbocycles. The fourth-order valence-electron chi connectivity index (χ4n) is 5.23. The average molecular weight is 604 g/mol. The van der Waals surface area contributed by atoms with Gasteiger partial charge in [-0.15, -0.1) is 12.4 Å². The Hall–Kier alpha value is -0.810. The second-order valence-electron chi connectivity index (χ2n) is 12.1. The number of hydrogen-bond donors (Lipinski definition) is 1. The molecule has 0 atom stereocenters. The molecule has 1 N–H and O–H groups in total. The number of ether oxygens (including phenoxy) is 2. The highest BCUT2D eigenvalue weighted by Crippen LogP contribution is 2.17. The van der Waals surface area contributed by atoms with Crippen molar-refractivity contribution in [2.24, 2.45) is 0 Å². The van der Waals surface area contributed by atoms with E-state index in [9.17, 15) is 9.59 Å². The summed E-state index contributed by atoms with van der Waals surface area (Å²) in [6.07, 6.45) is 33.8. The molecule has 5 nitrogen and oxygen atoms in total. The molecule has 0 spiro atoms. The van der Waals surface area contributed by atoms with Crippen LogP contribution in [0.1, 0.15) is 201 Å². The highest BCUT2D eigenvalue weighted by atomic mass is 35.5. The van der Waals surface area contributed by atoms with Gasteiger partial charge in [-0.05, 0) is 19.9 Å². The summed E-state index contributed by atoms with van der Waals surface area (Å²) < 4.78 is 11.0. The number of hydrogen-bond acceptors (Lipinski definition) is 5. The van der Waals surface area contributed by atoms with E-state index in [0.717, 1.165) is 25.7 Å². The smallest absolute Gasteiger partial charge is 0.315 e. The van der Waals surface area contributed by atoms with Gasteiger partial charge in [-0.3, -0.25) is 9.59 Å². The topological polar surface area (TPSA) is 64.6 Å². The molecule has 6 heteroatoms. The average Bonchev–Trinajstić information content (AvgIpc) is 2.93. The van der Waals surface area contributed by atoms with Crippen LogP contribution in [0, 0.1) is 0 Å². The third kappa shape index (κ3) is 30.5. The van der Waals surface area contributed by atoms with E-state index in [1.807, 2.05) is 0 Å². The monoisotopic (exact) mass is 603 g/mol. The van der Waals surface area contributed by atoms with Gasteiger partial charge in [-0.25, -0.2) is 5.32 Å². The van der Waals surface area contributed by atoms with Crippen molar-refractivity contribution in [1.82, 2.24) is 5.32 Å². The zero-order valence-electron chi connectivity index (χ0n) is 27.8. The molecule has 41 heavy (non-hydrogen) atoms. The van der Waals surface area contributed by atoms with E-state index in [1.54, 1.807) is 14.0 Å². The SMILES string of the molecule is CCCCCCCCCCCCCCCC(=O)OC(C)(NC)OC(=O)CCCCCCCCCCCCCCC.Cl. The summed E-state index contributed by atoms with van der Waals surface area (Å²) in [5, 5.41) is 2.85. The van der Waals surface area contributed by atoms with Crippen molar-refractivity contribution in [3.8, 4) is 0 Å². The summed E-state index contributed by atoms with van der Waals surface area (Å²) in [7, 11) is 1.65. The van der Waals surface area contributed by atoms with E-state index in [0.29, 0.717) is 12.8 Å². The van der Waals surface area contributed by atoms with Crippen molar-refractivity contribution < 1.29 is 19.1 Å². The molecule has 0 aliphatic heterocycles. The van der Waals surface area contributed by atoms with Crippen molar-refractivity contribution in [2.75, 3.05) is 7.05 Å². The van der Waals surface area contributed by atoms with E-state index in [-0.39, 0.29) is 24.3 Å². The predicted octanol–water partition coefficient (Wildman–Crippen LogP) is 11.4. The van der Waals surface area contributed by atoms with Crippen LogP contribution in [0.2, 0.25) is 0 Å². The molecule has 0 radical (unpaired) electrons. The van der Waals surface area contributed by atoms with Gasteiger partial charge in [0.05, 0.1) is 0 Å². The van der Waals surface area contributed by atoms with Gasteiger partial charge in [0, 0.05) is 19.8 Å². The lowest BCUT2D eigenvalue weighted by Crippen LogP contribution is -2.48. The lowest BCUT2D eigenvalue weighted by Gasteiger charge is -2.28. The van der Waals surface area contributed by atoms with E-state index < -0.39 is 5.91 Å². The number of nitrogens with one attached hydrogen (secondary N) is 1. The Morgan fingerprint density at radius 3 is 0.902 bits per heavy atom. The number of carbonyl (C=O) groups is 2. The number of unbranched alkanes of at least 4 members (excludes halogenated alkanes) is 24. The zero-order valence-corrected chi connectivity index (χ0v) is 28.7. The maximum absolute atomic E-state index is 12.3. The highest BCUT2D eigenvalue weighted by molar-refractivity contribution is 5.85. The van der Waals surface area contributed by atoms with E-state index in [2.05, 4.69) is 19.2 Å². The van der Waals surface area contributed by atoms with Crippen LogP contribution in [0.4, 0.5) is 0 Å². The first-order valence-electron chi connectivity index (χ1n) is 17.6. The van der Waals surface area contributed by atoms with Crippen molar-refractivity contribution >= 4 is 24.3 Å². The van der Waals surface area contributed by atoms with Gasteiger partial charge in [0.2, 0.25) is 0 Å². The van der Waals surface area contributed by atoms with E-state index in [4.69, 9.17) is 9.47 Å². The largest absolute Gasteiger partial charge is 0.409 e. The molecule has 0 aliphatic carbocycles. The Morgan fingerprint density at radius 2 is 0.683 bits per heavy atom. The Kier molecular flexibility index (Phi) is 33.1. The maximum Gasteiger partial charge on any atom is 0.315 e. The highest BCUT2D eigenvalue weighted by Gasteiger charge is 2.31. The molecule has 0 bridgehead atoms. The zero-order chi connectivity index (χ0) is 29.6. The molecule has 0 aromatic rings. The molecule has 0 saturated heterocycles. The van der Waals surface area contributed by atoms with Crippen LogP contribution in [0.5, 0.6) is 0 Å². The molecule has 0 rings (SSSR count). The number of carbonyl (C=O) groups excluding carboxylic acids is 2. The van der Waals surface area contributed by atoms with Gasteiger partial charge in [0.25, 0.3) is 0 Å². The lowest BCUT2D eigenvalue weighted by atomic mass is 10.0. The first kappa shape index (κ1) is 42.3. The molecule has 0 saturated carbocycles. The number of rotatable bonds is 31. The molecular weight excluding hydrogens is 534 g/mol. The second-order valence-corrected chi connectivity index (χ2v) is 12.1. The summed E-state index contributed by atoms with van der Waals surface area (Å²) in [6, 6.07) is 0. The molecule has 0 unspecified atom stereocenters. The minimum Gasteiger partial charge on any atom is -0.409 e. The maximum atomic E-state index is 12.3. The van der Waals surface area contributed by atoms with Gasteiger partial charge in [0.1, 0.15) is 0 Å². The predicted molar refractivity (Wildman–Crippen MR) is 178 cm³/mol. The van der Waals surface area contributed by atoms with Crippen LogP contribution in [0.15, 0.2) is 0 Å². The third-order valence-corrected chi connectivity index (χ3v) is 8.04. The van der Waals surface area contributed by atoms with Gasteiger partial charge in [0.15, 0.2) is 0 Å². The minimum atomic E-state index is -1.39. The fraction of sp³-hybridized carbons (Fsp3) is 0.943. The van der Waals surface area contributed by atoms with Crippen LogP contribution in [0.25, 0.3) is 0 Å². The first-order valence-corrected chi connectivity index (χ1v) is 17.6. The molecule has 0 fully saturated rings. The van der Waals surface area contributed by atoms with Crippen molar-refractivity contribution in [1.29, 1.82) is 0 Å². The Bertz CT molecular complexity index is 528. The number of halogens is 1. The summed E-state index contributed by atoms with van der Waals surface area (Å²) in [5.41, 5.74) is 0. The van der Waals surface area contributed by atoms with Crippen LogP contribution < -0.4 is 5.32 Å². The number of esters is 2. The lowest BCUT2D eigenvalue weighted by molar-refractivity contribution is -0.232. The third-order valence-electron chi connectivity index (χ3n) is 8.04. The van der Waals surface area contributed by atoms with Crippen molar-refractivity contribution in [3.05, 3.63) is 0 Å². The standard InChI is InChI=1S/C35H69NO4.ClH/c1-5-7-9-11-13-15-17-19-21-23-25-27-29-31-33(37)39-35(3,36-4)40-34(38)32-30-28-26-24-22-20-18-16-14-12-10-8-6-2;/h36H,5-32H2,1-4H3;1H. The molecule has 0 aliphatic rings. The Morgan fingerprint density at radius 1 is 0.463 bits per heavy atom. The van der Waals surface area contributed by atoms with Crippen LogP contribution in [-0.4, -0.2) is 24.9 Å². The second kappa shape index (κ2) is 32.1. The molecular formula is C35H70ClNO4. The van der Waals surface area contributed by atoms with E-state index in [1.165, 1.54) is 141 Å². The van der Waals surface area contributed by atoms with Gasteiger partial charge in [-0.2, -0.15) is 0 Å².